The second kappa shape index (κ2) is 8.30. The van der Waals surface area contributed by atoms with Gasteiger partial charge in [0.05, 0.1) is 0 Å². The number of nitrogens with one attached hydrogen (secondary N) is 2. The molecule has 5 rings (SSSR count). The summed E-state index contributed by atoms with van der Waals surface area (Å²) in [4.78, 5) is 24.3. The van der Waals surface area contributed by atoms with Crippen molar-refractivity contribution in [2.75, 3.05) is 46.3 Å². The van der Waals surface area contributed by atoms with E-state index >= 15 is 0 Å². The molecule has 8 nitrogen and oxygen atoms in total. The zero-order valence-electron chi connectivity index (χ0n) is 18.5. The molecule has 5 saturated heterocycles. The predicted molar refractivity (Wildman–Crippen MR) is 114 cm³/mol. The number of piperazine rings is 3. The van der Waals surface area contributed by atoms with E-state index in [9.17, 15) is 4.79 Å². The SMILES string of the molecule is CN=C(NCC1CN2CCN1CC2)NC1CC2CCC(C1)N2C(=O)OC(C)(C)C. The average molecular weight is 407 g/mol. The van der Waals surface area contributed by atoms with Gasteiger partial charge >= 0.3 is 6.09 Å². The van der Waals surface area contributed by atoms with Crippen LogP contribution in [0.1, 0.15) is 46.5 Å². The number of guanidine groups is 1. The summed E-state index contributed by atoms with van der Waals surface area (Å²) in [5.74, 6) is 0.887. The number of carbonyl (C=O) groups is 1. The Labute approximate surface area is 175 Å². The van der Waals surface area contributed by atoms with Gasteiger partial charge in [0.2, 0.25) is 0 Å². The number of piperidine rings is 1. The highest BCUT2D eigenvalue weighted by molar-refractivity contribution is 5.80. The Balaban J connectivity index is 1.27. The molecule has 29 heavy (non-hydrogen) atoms. The van der Waals surface area contributed by atoms with Crippen LogP contribution in [0.2, 0.25) is 0 Å². The Bertz CT molecular complexity index is 611. The molecule has 1 amide bonds. The third kappa shape index (κ3) is 4.79. The van der Waals surface area contributed by atoms with Gasteiger partial charge in [-0.2, -0.15) is 0 Å². The van der Waals surface area contributed by atoms with Gasteiger partial charge in [-0.05, 0) is 46.5 Å². The number of hydrogen-bond donors (Lipinski definition) is 2. The molecule has 0 aromatic heterocycles. The van der Waals surface area contributed by atoms with Crippen molar-refractivity contribution in [2.24, 2.45) is 4.99 Å². The molecule has 4 bridgehead atoms. The van der Waals surface area contributed by atoms with Crippen molar-refractivity contribution in [1.82, 2.24) is 25.3 Å². The van der Waals surface area contributed by atoms with Crippen LogP contribution in [0.3, 0.4) is 0 Å². The Morgan fingerprint density at radius 1 is 1.10 bits per heavy atom. The van der Waals surface area contributed by atoms with Crippen LogP contribution in [0.5, 0.6) is 0 Å². The van der Waals surface area contributed by atoms with Gasteiger partial charge < -0.3 is 20.3 Å². The molecular formula is C21H38N6O2. The molecule has 3 unspecified atom stereocenters. The van der Waals surface area contributed by atoms with E-state index in [4.69, 9.17) is 4.74 Å². The van der Waals surface area contributed by atoms with E-state index < -0.39 is 5.60 Å². The fourth-order valence-corrected chi connectivity index (χ4v) is 5.43. The first-order chi connectivity index (χ1) is 13.8. The lowest BCUT2D eigenvalue weighted by atomic mass is 9.98. The Hall–Kier alpha value is -1.54. The largest absolute Gasteiger partial charge is 0.444 e. The van der Waals surface area contributed by atoms with Gasteiger partial charge in [-0.1, -0.05) is 0 Å². The lowest BCUT2D eigenvalue weighted by Crippen LogP contribution is -2.64. The predicted octanol–water partition coefficient (Wildman–Crippen LogP) is 1.08. The van der Waals surface area contributed by atoms with Crippen molar-refractivity contribution in [2.45, 2.75) is 76.2 Å². The number of ether oxygens (including phenoxy) is 1. The van der Waals surface area contributed by atoms with Crippen LogP contribution in [-0.4, -0.2) is 103 Å². The highest BCUT2D eigenvalue weighted by atomic mass is 16.6. The summed E-state index contributed by atoms with van der Waals surface area (Å²) in [5.41, 5.74) is -0.442. The van der Waals surface area contributed by atoms with E-state index in [1.165, 1.54) is 26.2 Å². The number of rotatable bonds is 3. The molecule has 8 heteroatoms. The first-order valence-electron chi connectivity index (χ1n) is 11.3. The minimum Gasteiger partial charge on any atom is -0.444 e. The maximum absolute atomic E-state index is 12.6. The van der Waals surface area contributed by atoms with Crippen LogP contribution in [-0.2, 0) is 4.74 Å². The topological polar surface area (TPSA) is 72.4 Å². The van der Waals surface area contributed by atoms with Crippen molar-refractivity contribution in [3.8, 4) is 0 Å². The minimum absolute atomic E-state index is 0.151. The van der Waals surface area contributed by atoms with Crippen molar-refractivity contribution in [3.05, 3.63) is 0 Å². The lowest BCUT2D eigenvalue weighted by Gasteiger charge is -2.47. The minimum atomic E-state index is -0.442. The highest BCUT2D eigenvalue weighted by Gasteiger charge is 2.45. The van der Waals surface area contributed by atoms with Gasteiger partial charge in [0.1, 0.15) is 5.60 Å². The molecule has 0 aliphatic carbocycles. The maximum Gasteiger partial charge on any atom is 0.410 e. The van der Waals surface area contributed by atoms with Gasteiger partial charge in [-0.25, -0.2) is 4.79 Å². The highest BCUT2D eigenvalue weighted by Crippen LogP contribution is 2.36. The summed E-state index contributed by atoms with van der Waals surface area (Å²) >= 11 is 0. The van der Waals surface area contributed by atoms with Gasteiger partial charge in [0.15, 0.2) is 5.96 Å². The van der Waals surface area contributed by atoms with Crippen LogP contribution >= 0.6 is 0 Å². The Morgan fingerprint density at radius 3 is 2.28 bits per heavy atom. The molecule has 5 aliphatic heterocycles. The van der Waals surface area contributed by atoms with Crippen molar-refractivity contribution in [3.63, 3.8) is 0 Å². The van der Waals surface area contributed by atoms with Crippen LogP contribution in [0, 0.1) is 0 Å². The zero-order valence-corrected chi connectivity index (χ0v) is 18.5. The van der Waals surface area contributed by atoms with E-state index in [2.05, 4.69) is 25.4 Å². The van der Waals surface area contributed by atoms with Crippen LogP contribution in [0.15, 0.2) is 4.99 Å². The van der Waals surface area contributed by atoms with Gasteiger partial charge in [-0.15, -0.1) is 0 Å². The maximum atomic E-state index is 12.6. The quantitative estimate of drug-likeness (QED) is 0.540. The van der Waals surface area contributed by atoms with Crippen LogP contribution < -0.4 is 10.6 Å². The molecule has 5 fully saturated rings. The summed E-state index contributed by atoms with van der Waals surface area (Å²) in [5, 5.41) is 7.18. The third-order valence-electron chi connectivity index (χ3n) is 6.80. The third-order valence-corrected chi connectivity index (χ3v) is 6.80. The Morgan fingerprint density at radius 2 is 1.76 bits per heavy atom. The fourth-order valence-electron chi connectivity index (χ4n) is 5.43. The fraction of sp³-hybridized carbons (Fsp3) is 0.905. The molecule has 2 N–H and O–H groups in total. The molecule has 5 aliphatic rings. The standard InChI is InChI=1S/C21H38N6O2/c1-21(2,3)29-20(28)27-16-5-6-17(27)12-15(11-16)24-19(22-4)23-13-18-14-25-7-9-26(18)10-8-25/h15-18H,5-14H2,1-4H3,(H2,22,23,24). The first kappa shape index (κ1) is 20.7. The second-order valence-electron chi connectivity index (χ2n) is 10.0. The van der Waals surface area contributed by atoms with E-state index in [1.54, 1.807) is 0 Å². The molecule has 0 aromatic rings. The summed E-state index contributed by atoms with van der Waals surface area (Å²) < 4.78 is 5.65. The van der Waals surface area contributed by atoms with Gasteiger partial charge in [-0.3, -0.25) is 14.8 Å². The molecule has 0 radical (unpaired) electrons. The van der Waals surface area contributed by atoms with Gasteiger partial charge in [0.25, 0.3) is 0 Å². The molecular weight excluding hydrogens is 368 g/mol. The van der Waals surface area contributed by atoms with Crippen molar-refractivity contribution in [1.29, 1.82) is 0 Å². The Kier molecular flexibility index (Phi) is 5.93. The van der Waals surface area contributed by atoms with E-state index in [-0.39, 0.29) is 18.2 Å². The molecule has 0 saturated carbocycles. The van der Waals surface area contributed by atoms with Crippen LogP contribution in [0.25, 0.3) is 0 Å². The number of aliphatic imine (C=N–C) groups is 1. The summed E-state index contributed by atoms with van der Waals surface area (Å²) in [6, 6.07) is 1.46. The number of hydrogen-bond acceptors (Lipinski definition) is 5. The molecule has 0 spiro atoms. The number of nitrogens with zero attached hydrogens (tertiary/aromatic N) is 4. The normalized spacial score (nSPS) is 36.8. The van der Waals surface area contributed by atoms with Crippen molar-refractivity contribution < 1.29 is 9.53 Å². The number of carbonyl (C=O) groups excluding carboxylic acids is 1. The smallest absolute Gasteiger partial charge is 0.410 e. The first-order valence-corrected chi connectivity index (χ1v) is 11.3. The van der Waals surface area contributed by atoms with E-state index in [0.29, 0.717) is 12.1 Å². The average Bonchev–Trinajstić information content (AvgIpc) is 2.96. The lowest BCUT2D eigenvalue weighted by molar-refractivity contribution is 0.00536. The van der Waals surface area contributed by atoms with Crippen LogP contribution in [0.4, 0.5) is 4.79 Å². The monoisotopic (exact) mass is 406 g/mol. The summed E-state index contributed by atoms with van der Waals surface area (Å²) in [7, 11) is 1.84. The molecule has 5 heterocycles. The van der Waals surface area contributed by atoms with E-state index in [0.717, 1.165) is 44.7 Å². The van der Waals surface area contributed by atoms with Crippen molar-refractivity contribution >= 4 is 12.1 Å². The summed E-state index contributed by atoms with van der Waals surface area (Å²) in [6.45, 7) is 12.7. The summed E-state index contributed by atoms with van der Waals surface area (Å²) in [6.07, 6.45) is 3.91. The zero-order chi connectivity index (χ0) is 20.6. The number of fused-ring (bicyclic) bond motifs is 5. The molecule has 3 atom stereocenters. The molecule has 164 valence electrons. The van der Waals surface area contributed by atoms with Gasteiger partial charge in [0, 0.05) is 70.5 Å². The number of amides is 1. The second-order valence-corrected chi connectivity index (χ2v) is 10.0. The van der Waals surface area contributed by atoms with E-state index in [1.807, 2.05) is 32.7 Å². The molecule has 0 aromatic carbocycles.